The largest absolute Gasteiger partial charge is 0.390 e. The van der Waals surface area contributed by atoms with Gasteiger partial charge in [-0.2, -0.15) is 0 Å². The lowest BCUT2D eigenvalue weighted by atomic mass is 9.89. The van der Waals surface area contributed by atoms with E-state index in [1.54, 1.807) is 41.5 Å². The van der Waals surface area contributed by atoms with Crippen molar-refractivity contribution in [3.05, 3.63) is 47.7 Å². The summed E-state index contributed by atoms with van der Waals surface area (Å²) in [6.45, 7) is 34.1. The van der Waals surface area contributed by atoms with E-state index >= 15 is 19.2 Å². The molecule has 1 fully saturated rings. The molecule has 0 aromatic heterocycles. The maximum atomic E-state index is 15.4. The number of nitrogens with zero attached hydrogens (tertiary/aromatic N) is 7. The molecule has 23 heteroatoms. The fraction of sp³-hybridized carbons (Fsp3) is 0.725. The topological polar surface area (TPSA) is 279 Å². The third kappa shape index (κ3) is 22.1. The molecule has 2 rings (SSSR count). The average molecular weight is 1290 g/mol. The molecule has 92 heavy (non-hydrogen) atoms. The van der Waals surface area contributed by atoms with Crippen molar-refractivity contribution in [2.24, 2.45) is 41.4 Å². The molecule has 0 saturated carbocycles. The standard InChI is InChI=1S/C69H117N11O12/c1-26-50-65(88)74(19)48(18)64(87)75(20)52(34-39(4)5)61(84)73-55(42(10)11)68(91)76(21)51(33-38(2)3)60(83)70-46(16)59(82)71-47(17)63(86)77(22)53(35-40(6)7)66(89)78(23)54(36-41(8)9)67(90)79(24)56(43(12)13)69(92)80(25)57(62(85)72-50)58(81)45(15)30-28-32-49-31-27-29-44(14)37-49/h27,29,31,37-43,45-47,50-58,81H,18,26,28,30,32-36H2,1-17,19-25H3,(H,70,83)(H,71,82)(H,72,85)(H,73,84)/t45-,46+,47-,50+,51+,52+,53+,54+,55+,56+,57+,58-/m1/s1. The molecule has 1 saturated heterocycles. The van der Waals surface area contributed by atoms with Gasteiger partial charge in [-0.25, -0.2) is 0 Å². The summed E-state index contributed by atoms with van der Waals surface area (Å²) in [5.74, 6) is -10.2. The Kier molecular flexibility index (Phi) is 32.2. The van der Waals surface area contributed by atoms with Crippen LogP contribution in [0, 0.1) is 48.3 Å². The van der Waals surface area contributed by atoms with Crippen LogP contribution in [-0.4, -0.2) is 220 Å². The number of aliphatic hydroxyl groups is 1. The lowest BCUT2D eigenvalue weighted by molar-refractivity contribution is -0.157. The van der Waals surface area contributed by atoms with E-state index in [2.05, 4.69) is 33.9 Å². The van der Waals surface area contributed by atoms with Gasteiger partial charge in [0.2, 0.25) is 59.1 Å². The van der Waals surface area contributed by atoms with Crippen LogP contribution >= 0.6 is 0 Å². The quantitative estimate of drug-likeness (QED) is 0.127. The number of benzene rings is 1. The van der Waals surface area contributed by atoms with E-state index in [0.29, 0.717) is 19.3 Å². The molecule has 1 heterocycles. The van der Waals surface area contributed by atoms with E-state index < -0.39 is 149 Å². The third-order valence-corrected chi connectivity index (χ3v) is 17.7. The smallest absolute Gasteiger partial charge is 0.270 e. The van der Waals surface area contributed by atoms with Gasteiger partial charge in [-0.15, -0.1) is 0 Å². The summed E-state index contributed by atoms with van der Waals surface area (Å²) in [6.07, 6.45) is 0.680. The zero-order valence-corrected chi connectivity index (χ0v) is 60.1. The second-order valence-electron chi connectivity index (χ2n) is 28.2. The van der Waals surface area contributed by atoms with E-state index in [1.165, 1.54) is 82.8 Å². The number of nitrogens with one attached hydrogen (secondary N) is 4. The number of aryl methyl sites for hydroxylation is 2. The monoisotopic (exact) mass is 1290 g/mol. The minimum Gasteiger partial charge on any atom is -0.390 e. The summed E-state index contributed by atoms with van der Waals surface area (Å²) in [5, 5.41) is 23.5. The number of amides is 11. The van der Waals surface area contributed by atoms with Gasteiger partial charge in [-0.3, -0.25) is 52.7 Å². The van der Waals surface area contributed by atoms with Gasteiger partial charge in [0.1, 0.15) is 66.1 Å². The first-order valence-corrected chi connectivity index (χ1v) is 33.1. The molecule has 0 aliphatic carbocycles. The summed E-state index contributed by atoms with van der Waals surface area (Å²) in [7, 11) is 9.82. The van der Waals surface area contributed by atoms with Crippen molar-refractivity contribution in [1.29, 1.82) is 0 Å². The van der Waals surface area contributed by atoms with Crippen molar-refractivity contribution >= 4 is 65.0 Å². The van der Waals surface area contributed by atoms with Crippen LogP contribution in [-0.2, 0) is 59.2 Å². The highest BCUT2D eigenvalue weighted by atomic mass is 16.3. The summed E-state index contributed by atoms with van der Waals surface area (Å²) in [4.78, 5) is 170. The van der Waals surface area contributed by atoms with Crippen molar-refractivity contribution in [3.63, 3.8) is 0 Å². The highest BCUT2D eigenvalue weighted by Crippen LogP contribution is 2.27. The fourth-order valence-corrected chi connectivity index (χ4v) is 11.9. The molecule has 0 radical (unpaired) electrons. The van der Waals surface area contributed by atoms with Gasteiger partial charge in [0.25, 0.3) is 5.91 Å². The average Bonchev–Trinajstić information content (AvgIpc) is 0.884. The first-order chi connectivity index (χ1) is 42.5. The van der Waals surface area contributed by atoms with Gasteiger partial charge in [-0.1, -0.05) is 133 Å². The Hall–Kier alpha value is -6.91. The summed E-state index contributed by atoms with van der Waals surface area (Å²) in [6, 6.07) is -4.62. The minimum atomic E-state index is -1.65. The number of likely N-dealkylation sites (N-methyl/N-ethyl adjacent to an activating group) is 7. The van der Waals surface area contributed by atoms with Crippen LogP contribution in [0.2, 0.25) is 0 Å². The predicted octanol–water partition coefficient (Wildman–Crippen LogP) is 5.15. The number of carbonyl (C=O) groups is 11. The van der Waals surface area contributed by atoms with Crippen molar-refractivity contribution in [3.8, 4) is 0 Å². The van der Waals surface area contributed by atoms with Gasteiger partial charge in [0.15, 0.2) is 0 Å². The second kappa shape index (κ2) is 36.5. The van der Waals surface area contributed by atoms with Gasteiger partial charge in [0, 0.05) is 49.3 Å². The van der Waals surface area contributed by atoms with Crippen molar-refractivity contribution in [2.75, 3.05) is 49.3 Å². The Morgan fingerprint density at radius 1 is 0.489 bits per heavy atom. The van der Waals surface area contributed by atoms with Crippen LogP contribution in [0.15, 0.2) is 36.5 Å². The molecule has 1 aromatic rings. The number of hydrogen-bond acceptors (Lipinski definition) is 12. The van der Waals surface area contributed by atoms with E-state index in [1.807, 2.05) is 80.5 Å². The lowest BCUT2D eigenvalue weighted by Crippen LogP contribution is -2.63. The first-order valence-electron chi connectivity index (χ1n) is 33.1. The van der Waals surface area contributed by atoms with Crippen molar-refractivity contribution < 1.29 is 57.8 Å². The van der Waals surface area contributed by atoms with Crippen LogP contribution in [0.4, 0.5) is 0 Å². The van der Waals surface area contributed by atoms with Crippen LogP contribution < -0.4 is 21.3 Å². The third-order valence-electron chi connectivity index (χ3n) is 17.7. The van der Waals surface area contributed by atoms with Gasteiger partial charge in [0.05, 0.1) is 6.10 Å². The molecule has 12 atom stereocenters. The maximum absolute atomic E-state index is 15.4. The van der Waals surface area contributed by atoms with Crippen molar-refractivity contribution in [1.82, 2.24) is 55.6 Å². The molecule has 0 unspecified atom stereocenters. The van der Waals surface area contributed by atoms with E-state index in [0.717, 1.165) is 25.8 Å². The summed E-state index contributed by atoms with van der Waals surface area (Å²) in [5.41, 5.74) is 1.81. The number of aliphatic hydroxyl groups excluding tert-OH is 1. The second-order valence-corrected chi connectivity index (χ2v) is 28.2. The van der Waals surface area contributed by atoms with Crippen LogP contribution in [0.5, 0.6) is 0 Å². The van der Waals surface area contributed by atoms with Gasteiger partial charge >= 0.3 is 0 Å². The zero-order chi connectivity index (χ0) is 70.8. The molecular formula is C69H117N11O12. The normalized spacial score (nSPS) is 25.7. The first kappa shape index (κ1) is 81.2. The minimum absolute atomic E-state index is 0.0275. The molecule has 520 valence electrons. The van der Waals surface area contributed by atoms with Crippen LogP contribution in [0.25, 0.3) is 0 Å². The highest BCUT2D eigenvalue weighted by Gasteiger charge is 2.46. The Morgan fingerprint density at radius 3 is 1.41 bits per heavy atom. The van der Waals surface area contributed by atoms with Crippen LogP contribution in [0.3, 0.4) is 0 Å². The molecule has 1 aromatic carbocycles. The molecule has 11 amide bonds. The molecular weight excluding hydrogens is 1170 g/mol. The zero-order valence-electron chi connectivity index (χ0n) is 60.1. The van der Waals surface area contributed by atoms with Crippen molar-refractivity contribution in [2.45, 2.75) is 236 Å². The Labute approximate surface area is 550 Å². The SMILES string of the molecule is C=C1C(=O)N(C)[C@@H](CC(C)C)C(=O)N[C@@H](C(C)C)C(=O)N(C)[C@@H](CC(C)C)C(=O)N[C@@H](C)C(=O)N[C@H](C)C(=O)N(C)[C@@H](CC(C)C)C(=O)N(C)[C@@H](CC(C)C)C(=O)N(C)[C@@H](C(C)C)C(=O)N(C)[C@@H]([C@H](O)[C@H](C)CCCc2cccc(C)c2)C(=O)N[C@@H](CC)C(=O)N1C. The number of carbonyl (C=O) groups excluding carboxylic acids is 11. The molecule has 1 aliphatic heterocycles. The molecule has 0 spiro atoms. The summed E-state index contributed by atoms with van der Waals surface area (Å²) >= 11 is 0. The van der Waals surface area contributed by atoms with Gasteiger partial charge < -0.3 is 60.7 Å². The van der Waals surface area contributed by atoms with Gasteiger partial charge in [-0.05, 0) is 119 Å². The van der Waals surface area contributed by atoms with E-state index in [4.69, 9.17) is 0 Å². The Bertz CT molecular complexity index is 2730. The van der Waals surface area contributed by atoms with E-state index in [-0.39, 0.29) is 61.5 Å². The molecule has 23 nitrogen and oxygen atoms in total. The van der Waals surface area contributed by atoms with E-state index in [9.17, 15) is 38.7 Å². The lowest BCUT2D eigenvalue weighted by Gasteiger charge is -2.41. The highest BCUT2D eigenvalue weighted by molar-refractivity contribution is 6.02. The molecule has 0 bridgehead atoms. The Balaban J connectivity index is 3.01. The number of rotatable bonds is 17. The van der Waals surface area contributed by atoms with Crippen LogP contribution in [0.1, 0.15) is 167 Å². The molecule has 1 aliphatic rings. The Morgan fingerprint density at radius 2 is 0.935 bits per heavy atom. The fourth-order valence-electron chi connectivity index (χ4n) is 11.9. The maximum Gasteiger partial charge on any atom is 0.270 e. The summed E-state index contributed by atoms with van der Waals surface area (Å²) < 4.78 is 0. The number of hydrogen-bond donors (Lipinski definition) is 5. The molecule has 5 N–H and O–H groups in total. The predicted molar refractivity (Wildman–Crippen MR) is 357 cm³/mol.